The molecule has 1 amide bonds. The van der Waals surface area contributed by atoms with Gasteiger partial charge in [0.05, 0.1) is 5.56 Å². The molecule has 1 aromatic heterocycles. The number of likely N-dealkylation sites (N-methyl/N-ethyl adjacent to an activating group) is 1. The first-order valence-electron chi connectivity index (χ1n) is 8.95. The molecule has 136 valence electrons. The predicted octanol–water partition coefficient (Wildman–Crippen LogP) is 4.10. The molecule has 0 saturated carbocycles. The van der Waals surface area contributed by atoms with Crippen LogP contribution >= 0.6 is 0 Å². The molecule has 1 aliphatic heterocycles. The normalized spacial score (nSPS) is 17.9. The number of nitrogens with one attached hydrogen (secondary N) is 1. The van der Waals surface area contributed by atoms with Gasteiger partial charge in [0.25, 0.3) is 5.91 Å². The Morgan fingerprint density at radius 3 is 2.92 bits per heavy atom. The largest absolute Gasteiger partial charge is 0.437 e. The zero-order valence-corrected chi connectivity index (χ0v) is 15.7. The average Bonchev–Trinajstić information content (AvgIpc) is 3.04. The smallest absolute Gasteiger partial charge is 0.253 e. The molecule has 3 rings (SSSR count). The van der Waals surface area contributed by atoms with Gasteiger partial charge in [-0.15, -0.1) is 0 Å². The number of carbonyl (C=O) groups excluding carboxylic acids is 1. The highest BCUT2D eigenvalue weighted by atomic mass is 16.3. The van der Waals surface area contributed by atoms with E-state index in [0.29, 0.717) is 35.0 Å². The molecule has 2 aromatic rings. The van der Waals surface area contributed by atoms with Crippen LogP contribution in [0.15, 0.2) is 46.6 Å². The molecule has 0 fully saturated rings. The molecule has 0 radical (unpaired) electrons. The van der Waals surface area contributed by atoms with E-state index in [2.05, 4.69) is 17.2 Å². The summed E-state index contributed by atoms with van der Waals surface area (Å²) >= 11 is 0. The number of allylic oxidation sites excluding steroid dienone is 4. The number of fused-ring (bicyclic) bond motifs is 3. The fourth-order valence-corrected chi connectivity index (χ4v) is 3.21. The maximum atomic E-state index is 12.4. The Morgan fingerprint density at radius 1 is 1.42 bits per heavy atom. The van der Waals surface area contributed by atoms with E-state index in [4.69, 9.17) is 4.42 Å². The molecular weight excluding hydrogens is 326 g/mol. The van der Waals surface area contributed by atoms with Gasteiger partial charge in [-0.2, -0.15) is 0 Å². The second kappa shape index (κ2) is 7.60. The topological polar surface area (TPSA) is 58.4 Å². The number of rotatable bonds is 5. The SMILES string of the molecule is C\C=C/C(=C\C=C\c1nc2c3c(ccc2o1)C(CC)CNC3=O)N(C)C. The summed E-state index contributed by atoms with van der Waals surface area (Å²) in [5.41, 5.74) is 4.07. The summed E-state index contributed by atoms with van der Waals surface area (Å²) < 4.78 is 5.81. The Bertz CT molecular complexity index is 903. The lowest BCUT2D eigenvalue weighted by Gasteiger charge is -2.24. The molecule has 2 heterocycles. The van der Waals surface area contributed by atoms with Crippen molar-refractivity contribution in [2.75, 3.05) is 20.6 Å². The molecule has 5 heteroatoms. The van der Waals surface area contributed by atoms with Gasteiger partial charge < -0.3 is 14.6 Å². The molecular formula is C21H25N3O2. The average molecular weight is 351 g/mol. The van der Waals surface area contributed by atoms with Crippen molar-refractivity contribution in [2.45, 2.75) is 26.2 Å². The molecule has 5 nitrogen and oxygen atoms in total. The highest BCUT2D eigenvalue weighted by Crippen LogP contribution is 2.32. The molecule has 0 spiro atoms. The van der Waals surface area contributed by atoms with Crippen LogP contribution in [0.3, 0.4) is 0 Å². The highest BCUT2D eigenvalue weighted by Gasteiger charge is 2.27. The number of benzene rings is 1. The molecule has 1 atom stereocenters. The van der Waals surface area contributed by atoms with E-state index in [1.165, 1.54) is 0 Å². The van der Waals surface area contributed by atoms with Crippen molar-refractivity contribution in [1.82, 2.24) is 15.2 Å². The first kappa shape index (κ1) is 18.0. The third-order valence-corrected chi connectivity index (χ3v) is 4.64. The lowest BCUT2D eigenvalue weighted by molar-refractivity contribution is 0.0941. The minimum Gasteiger partial charge on any atom is -0.437 e. The van der Waals surface area contributed by atoms with Crippen molar-refractivity contribution in [3.63, 3.8) is 0 Å². The number of amides is 1. The van der Waals surface area contributed by atoms with Gasteiger partial charge in [0.2, 0.25) is 5.89 Å². The molecule has 1 N–H and O–H groups in total. The maximum Gasteiger partial charge on any atom is 0.253 e. The Labute approximate surface area is 154 Å². The molecule has 1 unspecified atom stereocenters. The van der Waals surface area contributed by atoms with Crippen molar-refractivity contribution in [2.24, 2.45) is 0 Å². The fourth-order valence-electron chi connectivity index (χ4n) is 3.21. The zero-order chi connectivity index (χ0) is 18.7. The molecule has 0 bridgehead atoms. The fraction of sp³-hybridized carbons (Fsp3) is 0.333. The number of nitrogens with zero attached hydrogens (tertiary/aromatic N) is 2. The second-order valence-corrected chi connectivity index (χ2v) is 6.59. The monoisotopic (exact) mass is 351 g/mol. The summed E-state index contributed by atoms with van der Waals surface area (Å²) in [4.78, 5) is 19.0. The van der Waals surface area contributed by atoms with Crippen LogP contribution in [0.5, 0.6) is 0 Å². The first-order valence-corrected chi connectivity index (χ1v) is 8.95. The molecule has 1 aromatic carbocycles. The van der Waals surface area contributed by atoms with Gasteiger partial charge in [0, 0.05) is 38.3 Å². The van der Waals surface area contributed by atoms with Gasteiger partial charge in [0.1, 0.15) is 5.52 Å². The first-order chi connectivity index (χ1) is 12.5. The van der Waals surface area contributed by atoms with Crippen molar-refractivity contribution in [1.29, 1.82) is 0 Å². The summed E-state index contributed by atoms with van der Waals surface area (Å²) in [5.74, 6) is 0.755. The van der Waals surface area contributed by atoms with E-state index in [1.54, 1.807) is 0 Å². The van der Waals surface area contributed by atoms with E-state index in [-0.39, 0.29) is 5.91 Å². The molecule has 0 aliphatic carbocycles. The van der Waals surface area contributed by atoms with E-state index in [9.17, 15) is 4.79 Å². The van der Waals surface area contributed by atoms with Crippen LogP contribution in [0.1, 0.15) is 48.0 Å². The Morgan fingerprint density at radius 2 is 2.23 bits per heavy atom. The number of hydrogen-bond donors (Lipinski definition) is 1. The van der Waals surface area contributed by atoms with Gasteiger partial charge in [-0.25, -0.2) is 4.98 Å². The van der Waals surface area contributed by atoms with Crippen LogP contribution in [0.2, 0.25) is 0 Å². The number of aromatic nitrogens is 1. The maximum absolute atomic E-state index is 12.4. The van der Waals surface area contributed by atoms with Gasteiger partial charge in [-0.05, 0) is 37.1 Å². The zero-order valence-electron chi connectivity index (χ0n) is 15.7. The molecule has 0 saturated heterocycles. The summed E-state index contributed by atoms with van der Waals surface area (Å²) in [6.45, 7) is 4.80. The number of carbonyl (C=O) groups is 1. The van der Waals surface area contributed by atoms with Crippen molar-refractivity contribution in [3.05, 3.63) is 59.2 Å². The number of oxazole rings is 1. The summed E-state index contributed by atoms with van der Waals surface area (Å²) in [5, 5.41) is 2.96. The van der Waals surface area contributed by atoms with Crippen molar-refractivity contribution in [3.8, 4) is 0 Å². The van der Waals surface area contributed by atoms with Crippen LogP contribution in [-0.4, -0.2) is 36.4 Å². The Balaban J connectivity index is 1.98. The lowest BCUT2D eigenvalue weighted by atomic mass is 9.88. The van der Waals surface area contributed by atoms with Crippen LogP contribution in [0.25, 0.3) is 17.2 Å². The predicted molar refractivity (Wildman–Crippen MR) is 105 cm³/mol. The van der Waals surface area contributed by atoms with E-state index >= 15 is 0 Å². The van der Waals surface area contributed by atoms with Crippen molar-refractivity contribution >= 4 is 23.1 Å². The summed E-state index contributed by atoms with van der Waals surface area (Å²) in [6, 6.07) is 3.92. The van der Waals surface area contributed by atoms with Crippen LogP contribution in [-0.2, 0) is 0 Å². The van der Waals surface area contributed by atoms with Gasteiger partial charge in [-0.3, -0.25) is 4.79 Å². The highest BCUT2D eigenvalue weighted by molar-refractivity contribution is 6.07. The Kier molecular flexibility index (Phi) is 5.26. The van der Waals surface area contributed by atoms with Crippen LogP contribution in [0, 0.1) is 0 Å². The van der Waals surface area contributed by atoms with Crippen LogP contribution < -0.4 is 5.32 Å². The minimum atomic E-state index is -0.0676. The quantitative estimate of drug-likeness (QED) is 0.824. The Hall–Kier alpha value is -2.82. The summed E-state index contributed by atoms with van der Waals surface area (Å²) in [6.07, 6.45) is 10.7. The van der Waals surface area contributed by atoms with E-state index < -0.39 is 0 Å². The molecule has 1 aliphatic rings. The van der Waals surface area contributed by atoms with Crippen LogP contribution in [0.4, 0.5) is 0 Å². The molecule has 26 heavy (non-hydrogen) atoms. The van der Waals surface area contributed by atoms with Gasteiger partial charge in [-0.1, -0.05) is 25.1 Å². The van der Waals surface area contributed by atoms with Gasteiger partial charge >= 0.3 is 0 Å². The lowest BCUT2D eigenvalue weighted by Crippen LogP contribution is -2.35. The summed E-state index contributed by atoms with van der Waals surface area (Å²) in [7, 11) is 3.99. The van der Waals surface area contributed by atoms with Gasteiger partial charge in [0.15, 0.2) is 5.58 Å². The third kappa shape index (κ3) is 3.43. The minimum absolute atomic E-state index is 0.0676. The number of hydrogen-bond acceptors (Lipinski definition) is 4. The van der Waals surface area contributed by atoms with E-state index in [1.807, 2.05) is 68.4 Å². The third-order valence-electron chi connectivity index (χ3n) is 4.64. The van der Waals surface area contributed by atoms with E-state index in [0.717, 1.165) is 17.7 Å². The second-order valence-electron chi connectivity index (χ2n) is 6.59. The van der Waals surface area contributed by atoms with Crippen molar-refractivity contribution < 1.29 is 9.21 Å². The standard InChI is InChI=1S/C21H25N3O2/c1-5-8-15(24(3)4)9-7-10-18-23-20-17(26-18)12-11-16-14(6-2)13-22-21(25)19(16)20/h5,7-12,14H,6,13H2,1-4H3,(H,22,25)/b8-5-,10-7+,15-9+.